The molecule has 1 rings (SSSR count). The second kappa shape index (κ2) is 13.6. The number of aliphatic hydroxyl groups excluding tert-OH is 2. The molecule has 0 aliphatic heterocycles. The Hall–Kier alpha value is -1.55. The molecular weight excluding hydrogens is 348 g/mol. The van der Waals surface area contributed by atoms with E-state index in [1.807, 2.05) is 6.07 Å². The van der Waals surface area contributed by atoms with Crippen molar-refractivity contribution in [1.82, 2.24) is 10.6 Å². The quantitative estimate of drug-likeness (QED) is 0.350. The summed E-state index contributed by atoms with van der Waals surface area (Å²) in [6, 6.07) is 2.48. The fourth-order valence-electron chi connectivity index (χ4n) is 2.56. The molecule has 26 heavy (non-hydrogen) atoms. The third-order valence-corrected chi connectivity index (χ3v) is 5.23. The number of nitrogens with one attached hydrogen (secondary N) is 2. The summed E-state index contributed by atoms with van der Waals surface area (Å²) >= 11 is 1.39. The molecule has 2 unspecified atom stereocenters. The number of carbonyl (C=O) groups excluding carboxylic acids is 1. The molecule has 2 amide bonds. The van der Waals surface area contributed by atoms with Crippen molar-refractivity contribution < 1.29 is 15.0 Å². The predicted octanol–water partition coefficient (Wildman–Crippen LogP) is 3.56. The van der Waals surface area contributed by atoms with E-state index in [0.717, 1.165) is 17.7 Å². The minimum atomic E-state index is -0.957. The fraction of sp³-hybridized carbons (Fsp3) is 0.650. The topological polar surface area (TPSA) is 81.6 Å². The lowest BCUT2D eigenvalue weighted by Gasteiger charge is -2.20. The van der Waals surface area contributed by atoms with Gasteiger partial charge < -0.3 is 20.8 Å². The van der Waals surface area contributed by atoms with Crippen molar-refractivity contribution in [2.24, 2.45) is 0 Å². The number of urea groups is 1. The molecule has 1 aromatic rings. The molecule has 0 bridgehead atoms. The maximum absolute atomic E-state index is 11.4. The van der Waals surface area contributed by atoms with E-state index in [0.29, 0.717) is 4.88 Å². The van der Waals surface area contributed by atoms with Crippen LogP contribution in [0, 0.1) is 11.8 Å². The summed E-state index contributed by atoms with van der Waals surface area (Å²) in [4.78, 5) is 12.9. The lowest BCUT2D eigenvalue weighted by Crippen LogP contribution is -2.45. The van der Waals surface area contributed by atoms with Crippen LogP contribution in [0.3, 0.4) is 0 Å². The molecule has 0 spiro atoms. The zero-order valence-corrected chi connectivity index (χ0v) is 16.7. The highest BCUT2D eigenvalue weighted by Crippen LogP contribution is 2.25. The minimum absolute atomic E-state index is 0.342. The first-order chi connectivity index (χ1) is 12.6. The van der Waals surface area contributed by atoms with E-state index in [2.05, 4.69) is 29.4 Å². The number of carbonyl (C=O) groups is 1. The molecule has 4 N–H and O–H groups in total. The molecule has 5 nitrogen and oxygen atoms in total. The standard InChI is InChI=1S/C20H32N2O3S/c1-3-4-5-6-7-8-9-10-11-12-16-13-14-18(26-16)19(24)17(15-23)22-20(25)21-2/h13-14,17,19,23-24H,3-10,15H2,1-2H3,(H2,21,22,25). The number of thiophene rings is 1. The van der Waals surface area contributed by atoms with Gasteiger partial charge in [0.15, 0.2) is 0 Å². The van der Waals surface area contributed by atoms with Crippen molar-refractivity contribution in [3.8, 4) is 11.8 Å². The summed E-state index contributed by atoms with van der Waals surface area (Å²) in [6.07, 6.45) is 8.86. The molecule has 0 fully saturated rings. The molecule has 0 saturated heterocycles. The van der Waals surface area contributed by atoms with Crippen LogP contribution in [0.15, 0.2) is 12.1 Å². The Balaban J connectivity index is 2.39. The summed E-state index contributed by atoms with van der Waals surface area (Å²) < 4.78 is 0. The van der Waals surface area contributed by atoms with Crippen LogP contribution in [0.5, 0.6) is 0 Å². The third-order valence-electron chi connectivity index (χ3n) is 4.16. The van der Waals surface area contributed by atoms with Gasteiger partial charge in [-0.05, 0) is 18.6 Å². The van der Waals surface area contributed by atoms with E-state index < -0.39 is 18.2 Å². The normalized spacial score (nSPS) is 12.8. The number of hydrogen-bond acceptors (Lipinski definition) is 4. The Morgan fingerprint density at radius 3 is 2.54 bits per heavy atom. The number of unbranched alkanes of at least 4 members (excludes halogenated alkanes) is 7. The van der Waals surface area contributed by atoms with Crippen LogP contribution in [0.4, 0.5) is 4.79 Å². The van der Waals surface area contributed by atoms with Gasteiger partial charge in [-0.3, -0.25) is 0 Å². The van der Waals surface area contributed by atoms with Gasteiger partial charge in [-0.25, -0.2) is 4.79 Å². The highest BCUT2D eigenvalue weighted by molar-refractivity contribution is 7.12. The first-order valence-corrected chi connectivity index (χ1v) is 10.3. The number of rotatable bonds is 11. The third kappa shape index (κ3) is 8.70. The SMILES string of the molecule is CCCCCCCCCC#Cc1ccc(C(O)C(CO)NC(=O)NC)s1. The van der Waals surface area contributed by atoms with Gasteiger partial charge in [-0.2, -0.15) is 0 Å². The van der Waals surface area contributed by atoms with Crippen LogP contribution in [0.25, 0.3) is 0 Å². The van der Waals surface area contributed by atoms with Crippen LogP contribution in [-0.4, -0.2) is 35.9 Å². The van der Waals surface area contributed by atoms with Crippen LogP contribution < -0.4 is 10.6 Å². The van der Waals surface area contributed by atoms with Crippen LogP contribution >= 0.6 is 11.3 Å². The largest absolute Gasteiger partial charge is 0.394 e. The Bertz CT molecular complexity index is 577. The fourth-order valence-corrected chi connectivity index (χ4v) is 3.50. The highest BCUT2D eigenvalue weighted by Gasteiger charge is 2.23. The first kappa shape index (κ1) is 22.5. The van der Waals surface area contributed by atoms with Gasteiger partial charge in [0, 0.05) is 18.3 Å². The van der Waals surface area contributed by atoms with Gasteiger partial charge in [0.25, 0.3) is 0 Å². The number of amides is 2. The molecule has 2 atom stereocenters. The summed E-state index contributed by atoms with van der Waals surface area (Å²) in [5.41, 5.74) is 0. The molecule has 0 aliphatic carbocycles. The average Bonchev–Trinajstić information content (AvgIpc) is 3.12. The molecule has 0 aromatic carbocycles. The monoisotopic (exact) mass is 380 g/mol. The molecule has 146 valence electrons. The number of aliphatic hydroxyl groups is 2. The van der Waals surface area contributed by atoms with E-state index in [1.165, 1.54) is 56.9 Å². The summed E-state index contributed by atoms with van der Waals surface area (Å²) in [7, 11) is 1.49. The molecule has 1 aromatic heterocycles. The van der Waals surface area contributed by atoms with Crippen molar-refractivity contribution in [1.29, 1.82) is 0 Å². The number of hydrogen-bond donors (Lipinski definition) is 4. The summed E-state index contributed by atoms with van der Waals surface area (Å²) in [5.74, 6) is 6.33. The Morgan fingerprint density at radius 1 is 1.19 bits per heavy atom. The van der Waals surface area contributed by atoms with E-state index in [4.69, 9.17) is 0 Å². The molecule has 6 heteroatoms. The molecule has 0 radical (unpaired) electrons. The van der Waals surface area contributed by atoms with E-state index in [1.54, 1.807) is 6.07 Å². The minimum Gasteiger partial charge on any atom is -0.394 e. The molecule has 0 saturated carbocycles. The van der Waals surface area contributed by atoms with Crippen LogP contribution in [-0.2, 0) is 0 Å². The lowest BCUT2D eigenvalue weighted by atomic mass is 10.1. The van der Waals surface area contributed by atoms with E-state index in [-0.39, 0.29) is 6.61 Å². The average molecular weight is 381 g/mol. The maximum Gasteiger partial charge on any atom is 0.314 e. The van der Waals surface area contributed by atoms with E-state index in [9.17, 15) is 15.0 Å². The summed E-state index contributed by atoms with van der Waals surface area (Å²) in [5, 5.41) is 24.6. The maximum atomic E-state index is 11.4. The van der Waals surface area contributed by atoms with Crippen LogP contribution in [0.2, 0.25) is 0 Å². The lowest BCUT2D eigenvalue weighted by molar-refractivity contribution is 0.0964. The van der Waals surface area contributed by atoms with Gasteiger partial charge in [0.2, 0.25) is 0 Å². The summed E-state index contributed by atoms with van der Waals surface area (Å²) in [6.45, 7) is 1.89. The van der Waals surface area contributed by atoms with Gasteiger partial charge in [0.05, 0.1) is 17.5 Å². The Morgan fingerprint density at radius 2 is 1.88 bits per heavy atom. The van der Waals surface area contributed by atoms with Gasteiger partial charge in [0.1, 0.15) is 6.10 Å². The van der Waals surface area contributed by atoms with Crippen molar-refractivity contribution in [2.45, 2.75) is 70.4 Å². The molecule has 1 heterocycles. The second-order valence-corrected chi connectivity index (χ2v) is 7.45. The Labute approximate surface area is 161 Å². The predicted molar refractivity (Wildman–Crippen MR) is 107 cm³/mol. The Kier molecular flexibility index (Phi) is 11.8. The smallest absolute Gasteiger partial charge is 0.314 e. The van der Waals surface area contributed by atoms with Crippen molar-refractivity contribution in [3.05, 3.63) is 21.9 Å². The van der Waals surface area contributed by atoms with Crippen molar-refractivity contribution in [3.63, 3.8) is 0 Å². The zero-order valence-electron chi connectivity index (χ0n) is 15.9. The van der Waals surface area contributed by atoms with Crippen molar-refractivity contribution in [2.75, 3.05) is 13.7 Å². The highest BCUT2D eigenvalue weighted by atomic mass is 32.1. The van der Waals surface area contributed by atoms with Gasteiger partial charge in [-0.15, -0.1) is 11.3 Å². The zero-order chi connectivity index (χ0) is 19.2. The second-order valence-electron chi connectivity index (χ2n) is 6.33. The first-order valence-electron chi connectivity index (χ1n) is 9.48. The van der Waals surface area contributed by atoms with Gasteiger partial charge >= 0.3 is 6.03 Å². The van der Waals surface area contributed by atoms with Gasteiger partial charge in [-0.1, -0.05) is 57.3 Å². The van der Waals surface area contributed by atoms with Crippen LogP contribution in [0.1, 0.15) is 74.1 Å². The van der Waals surface area contributed by atoms with Crippen molar-refractivity contribution >= 4 is 17.4 Å². The molecule has 0 aliphatic rings. The van der Waals surface area contributed by atoms with E-state index >= 15 is 0 Å². The molecular formula is C20H32N2O3S.